The van der Waals surface area contributed by atoms with Gasteiger partial charge in [0.05, 0.1) is 6.61 Å². The van der Waals surface area contributed by atoms with Gasteiger partial charge in [-0.15, -0.1) is 0 Å². The Morgan fingerprint density at radius 2 is 1.19 bits per heavy atom. The van der Waals surface area contributed by atoms with Crippen molar-refractivity contribution in [2.24, 2.45) is 0 Å². The summed E-state index contributed by atoms with van der Waals surface area (Å²) in [4.78, 5) is 25.1. The predicted octanol–water partition coefficient (Wildman–Crippen LogP) is 4.39. The highest BCUT2D eigenvalue weighted by molar-refractivity contribution is 8.13. The number of rotatable bonds is 8. The summed E-state index contributed by atoms with van der Waals surface area (Å²) in [6.45, 7) is 1.20. The lowest BCUT2D eigenvalue weighted by atomic mass is 10.3. The molecule has 3 aromatic carbocycles. The number of hydrogen-bond donors (Lipinski definition) is 0. The minimum Gasteiger partial charge on any atom is -0.463 e. The summed E-state index contributed by atoms with van der Waals surface area (Å²) in [5.41, 5.74) is 0. The molecule has 0 heterocycles. The van der Waals surface area contributed by atoms with Crippen LogP contribution < -0.4 is 15.9 Å². The second-order valence-electron chi connectivity index (χ2n) is 6.93. The lowest BCUT2D eigenvalue weighted by Crippen LogP contribution is -2.34. The summed E-state index contributed by atoms with van der Waals surface area (Å²) < 4.78 is 5.59. The Labute approximate surface area is 188 Å². The van der Waals surface area contributed by atoms with Crippen molar-refractivity contribution in [3.63, 3.8) is 0 Å². The molecule has 0 amide bonds. The van der Waals surface area contributed by atoms with E-state index in [4.69, 9.17) is 4.74 Å². The number of carbonyl (C=O) groups is 2. The van der Waals surface area contributed by atoms with E-state index in [-0.39, 0.29) is 11.1 Å². The third-order valence-corrected chi connectivity index (χ3v) is 10.2. The van der Waals surface area contributed by atoms with Crippen LogP contribution in [0.5, 0.6) is 0 Å². The molecule has 3 rings (SSSR count). The zero-order valence-corrected chi connectivity index (χ0v) is 19.6. The zero-order chi connectivity index (χ0) is 22.1. The fraction of sp³-hybridized carbons (Fsp3) is 0.192. The summed E-state index contributed by atoms with van der Waals surface area (Å²) in [5, 5.41) is 4.09. The van der Waals surface area contributed by atoms with E-state index in [0.717, 1.165) is 21.2 Å². The first-order chi connectivity index (χ1) is 15.1. The molecule has 3 aromatic rings. The summed E-state index contributed by atoms with van der Waals surface area (Å²) in [5.74, 6) is 0.258. The monoisotopic (exact) mass is 450 g/mol. The molecule has 0 aliphatic heterocycles. The molecule has 0 saturated carbocycles. The molecule has 0 N–H and O–H groups in total. The smallest absolute Gasteiger partial charge is 0.335 e. The fourth-order valence-electron chi connectivity index (χ4n) is 3.78. The molecule has 160 valence electrons. The maximum Gasteiger partial charge on any atom is 0.335 e. The molecule has 31 heavy (non-hydrogen) atoms. The SMILES string of the molecule is CCOC(=O)C(CCSC(C)=O)=P(c1ccccc1)(c1ccccc1)c1ccccc1. The van der Waals surface area contributed by atoms with Gasteiger partial charge >= 0.3 is 5.97 Å². The minimum absolute atomic E-state index is 0.0475. The van der Waals surface area contributed by atoms with E-state index in [9.17, 15) is 9.59 Å². The van der Waals surface area contributed by atoms with Gasteiger partial charge in [-0.05, 0) is 36.1 Å². The molecule has 0 radical (unpaired) electrons. The molecule has 0 aromatic heterocycles. The number of thioether (sulfide) groups is 1. The van der Waals surface area contributed by atoms with E-state index in [1.54, 1.807) is 6.92 Å². The van der Waals surface area contributed by atoms with Crippen LogP contribution in [-0.2, 0) is 14.3 Å². The van der Waals surface area contributed by atoms with Gasteiger partial charge in [-0.1, -0.05) is 103 Å². The van der Waals surface area contributed by atoms with Crippen LogP contribution in [0.15, 0.2) is 91.0 Å². The van der Waals surface area contributed by atoms with Crippen molar-refractivity contribution in [3.8, 4) is 0 Å². The van der Waals surface area contributed by atoms with Gasteiger partial charge in [-0.25, -0.2) is 4.79 Å². The second-order valence-corrected chi connectivity index (χ2v) is 11.6. The average molecular weight is 451 g/mol. The number of carbonyl (C=O) groups excluding carboxylic acids is 2. The lowest BCUT2D eigenvalue weighted by Gasteiger charge is -2.32. The third-order valence-electron chi connectivity index (χ3n) is 4.99. The summed E-state index contributed by atoms with van der Waals surface area (Å²) >= 11 is 1.25. The Balaban J connectivity index is 2.45. The Kier molecular flexibility index (Phi) is 8.34. The average Bonchev–Trinajstić information content (AvgIpc) is 2.80. The first-order valence-electron chi connectivity index (χ1n) is 10.3. The minimum atomic E-state index is -2.49. The van der Waals surface area contributed by atoms with Crippen molar-refractivity contribution in [1.82, 2.24) is 0 Å². The number of hydrogen-bond acceptors (Lipinski definition) is 4. The molecule has 0 bridgehead atoms. The molecule has 0 unspecified atom stereocenters. The molecule has 0 spiro atoms. The molecular formula is C26H27O3PS. The van der Waals surface area contributed by atoms with Crippen LogP contribution in [0.25, 0.3) is 0 Å². The summed E-state index contributed by atoms with van der Waals surface area (Å²) in [6.07, 6.45) is 0.482. The van der Waals surface area contributed by atoms with E-state index in [2.05, 4.69) is 36.4 Å². The molecular weight excluding hydrogens is 423 g/mol. The van der Waals surface area contributed by atoms with Gasteiger partial charge in [0.1, 0.15) is 0 Å². The highest BCUT2D eigenvalue weighted by atomic mass is 32.2. The highest BCUT2D eigenvalue weighted by Gasteiger charge is 2.33. The van der Waals surface area contributed by atoms with Gasteiger partial charge < -0.3 is 4.74 Å². The van der Waals surface area contributed by atoms with Crippen LogP contribution in [0.3, 0.4) is 0 Å². The van der Waals surface area contributed by atoms with Crippen molar-refractivity contribution < 1.29 is 14.3 Å². The second kappa shape index (κ2) is 11.2. The van der Waals surface area contributed by atoms with Gasteiger partial charge in [0.2, 0.25) is 0 Å². The predicted molar refractivity (Wildman–Crippen MR) is 135 cm³/mol. The van der Waals surface area contributed by atoms with E-state index < -0.39 is 6.89 Å². The van der Waals surface area contributed by atoms with Gasteiger partial charge in [-0.3, -0.25) is 4.79 Å². The topological polar surface area (TPSA) is 43.4 Å². The molecule has 3 nitrogen and oxygen atoms in total. The summed E-state index contributed by atoms with van der Waals surface area (Å²) in [7, 11) is 0. The molecule has 0 saturated heterocycles. The van der Waals surface area contributed by atoms with Gasteiger partial charge in [0, 0.05) is 18.0 Å². The van der Waals surface area contributed by atoms with Crippen LogP contribution in [-0.4, -0.2) is 28.7 Å². The lowest BCUT2D eigenvalue weighted by molar-refractivity contribution is -0.134. The molecule has 0 aliphatic rings. The normalized spacial score (nSPS) is 11.0. The highest BCUT2D eigenvalue weighted by Crippen LogP contribution is 2.47. The van der Waals surface area contributed by atoms with Gasteiger partial charge in [0.15, 0.2) is 5.12 Å². The van der Waals surface area contributed by atoms with Crippen molar-refractivity contribution in [2.75, 3.05) is 12.4 Å². The van der Waals surface area contributed by atoms with Crippen molar-refractivity contribution >= 4 is 50.9 Å². The Morgan fingerprint density at radius 3 is 1.55 bits per heavy atom. The molecule has 0 aliphatic carbocycles. The maximum absolute atomic E-state index is 13.5. The van der Waals surface area contributed by atoms with E-state index in [0.29, 0.717) is 18.8 Å². The standard InChI is InChI=1S/C26H27O3PS/c1-3-29-26(28)25(19-20-31-21(2)27)30(22-13-7-4-8-14-22,23-15-9-5-10-16-23)24-17-11-6-12-18-24/h4-18H,3,19-20H2,1-2H3. The van der Waals surface area contributed by atoms with Crippen molar-refractivity contribution in [1.29, 1.82) is 0 Å². The Bertz CT molecular complexity index is 960. The van der Waals surface area contributed by atoms with E-state index in [1.165, 1.54) is 11.8 Å². The first-order valence-corrected chi connectivity index (χ1v) is 13.1. The third kappa shape index (κ3) is 5.20. The number of ether oxygens (including phenoxy) is 1. The van der Waals surface area contributed by atoms with Crippen LogP contribution in [0.2, 0.25) is 0 Å². The van der Waals surface area contributed by atoms with Crippen molar-refractivity contribution in [3.05, 3.63) is 91.0 Å². The van der Waals surface area contributed by atoms with Gasteiger partial charge in [-0.2, -0.15) is 0 Å². The first kappa shape index (κ1) is 23.1. The molecule has 0 atom stereocenters. The Morgan fingerprint density at radius 1 is 0.774 bits per heavy atom. The molecule has 5 heteroatoms. The summed E-state index contributed by atoms with van der Waals surface area (Å²) in [6, 6.07) is 30.7. The Hall–Kier alpha value is -2.55. The van der Waals surface area contributed by atoms with Crippen LogP contribution in [0.4, 0.5) is 0 Å². The van der Waals surface area contributed by atoms with Crippen LogP contribution in [0, 0.1) is 0 Å². The quantitative estimate of drug-likeness (QED) is 0.377. The van der Waals surface area contributed by atoms with E-state index >= 15 is 0 Å². The van der Waals surface area contributed by atoms with E-state index in [1.807, 2.05) is 61.5 Å². The number of esters is 1. The van der Waals surface area contributed by atoms with Crippen molar-refractivity contribution in [2.45, 2.75) is 20.3 Å². The maximum atomic E-state index is 13.5. The molecule has 0 fully saturated rings. The number of benzene rings is 3. The van der Waals surface area contributed by atoms with Crippen LogP contribution >= 0.6 is 18.6 Å². The fourth-order valence-corrected chi connectivity index (χ4v) is 9.00. The van der Waals surface area contributed by atoms with Crippen LogP contribution in [0.1, 0.15) is 20.3 Å². The zero-order valence-electron chi connectivity index (χ0n) is 17.9. The van der Waals surface area contributed by atoms with Gasteiger partial charge in [0.25, 0.3) is 0 Å². The largest absolute Gasteiger partial charge is 0.463 e.